The van der Waals surface area contributed by atoms with Gasteiger partial charge in [0.1, 0.15) is 36.1 Å². The minimum Gasteiger partial charge on any atom is -0.488 e. The number of nitrogens with one attached hydrogen (secondary N) is 2. The number of nitrogens with zero attached hydrogens (tertiary/aromatic N) is 4. The van der Waals surface area contributed by atoms with Gasteiger partial charge >= 0.3 is 0 Å². The molecule has 2 N–H and O–H groups in total. The summed E-state index contributed by atoms with van der Waals surface area (Å²) in [6, 6.07) is 15.4. The van der Waals surface area contributed by atoms with Crippen molar-refractivity contribution in [3.8, 4) is 11.8 Å². The molecule has 2 aromatic carbocycles. The SMILES string of the molecule is CN[C@H](c1ccc(COc2cccc3c2CN([C@H]2CCC(=O)NC2=O)C3=O)c(F)c1)C1CCN(c2ccc(C#N)cn2)CC1. The molecule has 0 saturated carbocycles. The smallest absolute Gasteiger partial charge is 0.255 e. The van der Waals surface area contributed by atoms with Crippen LogP contribution in [0.1, 0.15) is 64.3 Å². The summed E-state index contributed by atoms with van der Waals surface area (Å²) in [7, 11) is 1.89. The molecular weight excluding hydrogens is 563 g/mol. The number of benzene rings is 2. The van der Waals surface area contributed by atoms with E-state index in [1.54, 1.807) is 42.6 Å². The molecule has 0 radical (unpaired) electrons. The van der Waals surface area contributed by atoms with E-state index in [1.807, 2.05) is 19.2 Å². The van der Waals surface area contributed by atoms with E-state index in [0.29, 0.717) is 33.9 Å². The first-order chi connectivity index (χ1) is 21.4. The van der Waals surface area contributed by atoms with Crippen molar-refractivity contribution >= 4 is 23.5 Å². The van der Waals surface area contributed by atoms with Crippen LogP contribution in [-0.4, -0.2) is 53.8 Å². The number of nitriles is 1. The molecule has 0 bridgehead atoms. The van der Waals surface area contributed by atoms with Crippen LogP contribution in [0.3, 0.4) is 0 Å². The zero-order valence-electron chi connectivity index (χ0n) is 24.4. The second kappa shape index (κ2) is 12.4. The van der Waals surface area contributed by atoms with Crippen molar-refractivity contribution in [1.82, 2.24) is 20.5 Å². The Labute approximate surface area is 254 Å². The van der Waals surface area contributed by atoms with E-state index in [4.69, 9.17) is 10.00 Å². The second-order valence-corrected chi connectivity index (χ2v) is 11.4. The van der Waals surface area contributed by atoms with Gasteiger partial charge in [-0.1, -0.05) is 18.2 Å². The predicted octanol–water partition coefficient (Wildman–Crippen LogP) is 3.61. The maximum Gasteiger partial charge on any atom is 0.255 e. The summed E-state index contributed by atoms with van der Waals surface area (Å²) in [5, 5.41) is 14.7. The lowest BCUT2D eigenvalue weighted by Gasteiger charge is -2.37. The van der Waals surface area contributed by atoms with Crippen LogP contribution in [0.4, 0.5) is 10.2 Å². The van der Waals surface area contributed by atoms with Gasteiger partial charge in [0.25, 0.3) is 5.91 Å². The lowest BCUT2D eigenvalue weighted by Crippen LogP contribution is -2.52. The molecular formula is C33H33FN6O4. The standard InChI is InChI=1S/C33H33FN6O4/c1-36-31(21-11-13-39(14-12-21)29-9-5-20(16-35)17-37-29)22-6-7-23(26(34)15-22)19-44-28-4-2-3-24-25(28)18-40(33(24)43)27-8-10-30(41)38-32(27)42/h2-7,9,15,17,21,27,31,36H,8,10-14,18-19H2,1H3,(H,38,41,42)/t27-,31-/m0/s1. The monoisotopic (exact) mass is 596 g/mol. The molecule has 0 spiro atoms. The van der Waals surface area contributed by atoms with Gasteiger partial charge < -0.3 is 19.9 Å². The Morgan fingerprint density at radius 2 is 1.95 bits per heavy atom. The molecule has 11 heteroatoms. The average molecular weight is 597 g/mol. The Morgan fingerprint density at radius 1 is 1.14 bits per heavy atom. The lowest BCUT2D eigenvalue weighted by molar-refractivity contribution is -0.136. The van der Waals surface area contributed by atoms with Crippen LogP contribution in [0.5, 0.6) is 5.75 Å². The van der Waals surface area contributed by atoms with E-state index in [-0.39, 0.29) is 49.7 Å². The van der Waals surface area contributed by atoms with Crippen LogP contribution < -0.4 is 20.3 Å². The molecule has 3 aromatic rings. The van der Waals surface area contributed by atoms with Gasteiger partial charge in [0.05, 0.1) is 12.1 Å². The molecule has 226 valence electrons. The van der Waals surface area contributed by atoms with Crippen LogP contribution in [0.15, 0.2) is 54.7 Å². The average Bonchev–Trinajstić information content (AvgIpc) is 3.38. The van der Waals surface area contributed by atoms with Gasteiger partial charge in [-0.2, -0.15) is 5.26 Å². The molecule has 2 atom stereocenters. The number of fused-ring (bicyclic) bond motifs is 1. The summed E-state index contributed by atoms with van der Waals surface area (Å²) in [5.41, 5.74) is 2.90. The van der Waals surface area contributed by atoms with Crippen LogP contribution >= 0.6 is 0 Å². The number of anilines is 1. The number of carbonyl (C=O) groups is 3. The van der Waals surface area contributed by atoms with Crippen molar-refractivity contribution in [1.29, 1.82) is 5.26 Å². The number of hydrogen-bond donors (Lipinski definition) is 2. The zero-order valence-corrected chi connectivity index (χ0v) is 24.4. The van der Waals surface area contributed by atoms with Crippen molar-refractivity contribution in [2.75, 3.05) is 25.0 Å². The van der Waals surface area contributed by atoms with Crippen molar-refractivity contribution < 1.29 is 23.5 Å². The Balaban J connectivity index is 1.09. The number of hydrogen-bond acceptors (Lipinski definition) is 8. The van der Waals surface area contributed by atoms with Gasteiger partial charge in [-0.15, -0.1) is 0 Å². The fraction of sp³-hybridized carbons (Fsp3) is 0.364. The molecule has 6 rings (SSSR count). The number of carbonyl (C=O) groups excluding carboxylic acids is 3. The van der Waals surface area contributed by atoms with Crippen LogP contribution in [0.25, 0.3) is 0 Å². The number of pyridine rings is 1. The summed E-state index contributed by atoms with van der Waals surface area (Å²) >= 11 is 0. The quantitative estimate of drug-likeness (QED) is 0.378. The lowest BCUT2D eigenvalue weighted by atomic mass is 9.85. The molecule has 3 aliphatic heterocycles. The van der Waals surface area contributed by atoms with E-state index >= 15 is 4.39 Å². The van der Waals surface area contributed by atoms with Crippen molar-refractivity contribution in [3.05, 3.63) is 88.4 Å². The van der Waals surface area contributed by atoms with Crippen LogP contribution in [-0.2, 0) is 22.7 Å². The highest BCUT2D eigenvalue weighted by Crippen LogP contribution is 2.35. The topological polar surface area (TPSA) is 128 Å². The van der Waals surface area contributed by atoms with Gasteiger partial charge in [0, 0.05) is 48.4 Å². The summed E-state index contributed by atoms with van der Waals surface area (Å²) in [6.45, 7) is 1.80. The van der Waals surface area contributed by atoms with Gasteiger partial charge in [-0.3, -0.25) is 19.7 Å². The Hall–Kier alpha value is -4.82. The first-order valence-electron chi connectivity index (χ1n) is 14.8. The van der Waals surface area contributed by atoms with Crippen molar-refractivity contribution in [2.24, 2.45) is 5.92 Å². The molecule has 2 fully saturated rings. The predicted molar refractivity (Wildman–Crippen MR) is 159 cm³/mol. The van der Waals surface area contributed by atoms with Crippen molar-refractivity contribution in [3.63, 3.8) is 0 Å². The normalized spacial score (nSPS) is 19.4. The number of aromatic nitrogens is 1. The molecule has 1 aromatic heterocycles. The first-order valence-corrected chi connectivity index (χ1v) is 14.8. The fourth-order valence-corrected chi connectivity index (χ4v) is 6.50. The Kier molecular flexibility index (Phi) is 8.26. The third-order valence-electron chi connectivity index (χ3n) is 8.88. The number of rotatable bonds is 8. The molecule has 44 heavy (non-hydrogen) atoms. The molecule has 0 aliphatic carbocycles. The van der Waals surface area contributed by atoms with Gasteiger partial charge in [-0.05, 0) is 68.1 Å². The number of piperidine rings is 2. The molecule has 10 nitrogen and oxygen atoms in total. The van der Waals surface area contributed by atoms with Crippen LogP contribution in [0, 0.1) is 23.1 Å². The summed E-state index contributed by atoms with van der Waals surface area (Å²) in [4.78, 5) is 45.2. The minimum atomic E-state index is -0.717. The Morgan fingerprint density at radius 3 is 2.64 bits per heavy atom. The summed E-state index contributed by atoms with van der Waals surface area (Å²) in [5.74, 6) is 0.176. The molecule has 3 amide bonds. The minimum absolute atomic E-state index is 0.0165. The third-order valence-corrected chi connectivity index (χ3v) is 8.88. The van der Waals surface area contributed by atoms with E-state index in [1.165, 1.54) is 4.90 Å². The molecule has 2 saturated heterocycles. The maximum absolute atomic E-state index is 15.4. The third kappa shape index (κ3) is 5.73. The highest BCUT2D eigenvalue weighted by atomic mass is 19.1. The summed E-state index contributed by atoms with van der Waals surface area (Å²) in [6.07, 6.45) is 3.87. The van der Waals surface area contributed by atoms with Gasteiger partial charge in [-0.25, -0.2) is 9.37 Å². The Bertz CT molecular complexity index is 1630. The first kappa shape index (κ1) is 29.3. The van der Waals surface area contributed by atoms with E-state index < -0.39 is 11.9 Å². The highest BCUT2D eigenvalue weighted by Gasteiger charge is 2.40. The van der Waals surface area contributed by atoms with Crippen LogP contribution in [0.2, 0.25) is 0 Å². The van der Waals surface area contributed by atoms with E-state index in [0.717, 1.165) is 37.3 Å². The maximum atomic E-state index is 15.4. The highest BCUT2D eigenvalue weighted by molar-refractivity contribution is 6.05. The largest absolute Gasteiger partial charge is 0.488 e. The number of amides is 3. The zero-order chi connectivity index (χ0) is 30.8. The molecule has 3 aliphatic rings. The summed E-state index contributed by atoms with van der Waals surface area (Å²) < 4.78 is 21.4. The number of ether oxygens (including phenoxy) is 1. The number of halogens is 1. The van der Waals surface area contributed by atoms with E-state index in [9.17, 15) is 14.4 Å². The van der Waals surface area contributed by atoms with Gasteiger partial charge in [0.15, 0.2) is 0 Å². The number of imide groups is 1. The van der Waals surface area contributed by atoms with Crippen molar-refractivity contribution in [2.45, 2.75) is 50.9 Å². The fourth-order valence-electron chi connectivity index (χ4n) is 6.50. The van der Waals surface area contributed by atoms with E-state index in [2.05, 4.69) is 26.6 Å². The van der Waals surface area contributed by atoms with Gasteiger partial charge in [0.2, 0.25) is 11.8 Å². The molecule has 4 heterocycles. The molecule has 0 unspecified atom stereocenters. The second-order valence-electron chi connectivity index (χ2n) is 11.4.